The van der Waals surface area contributed by atoms with Crippen molar-refractivity contribution < 1.29 is 13.6 Å². The third-order valence-electron chi connectivity index (χ3n) is 6.03. The van der Waals surface area contributed by atoms with Crippen molar-refractivity contribution in [2.24, 2.45) is 0 Å². The van der Waals surface area contributed by atoms with Gasteiger partial charge >= 0.3 is 0 Å². The molecule has 30 heavy (non-hydrogen) atoms. The van der Waals surface area contributed by atoms with Gasteiger partial charge in [0.15, 0.2) is 0 Å². The average Bonchev–Trinajstić information content (AvgIpc) is 3.36. The number of carbonyl (C=O) groups is 1. The Kier molecular flexibility index (Phi) is 4.47. The molecule has 0 bridgehead atoms. The van der Waals surface area contributed by atoms with Crippen LogP contribution in [0.1, 0.15) is 47.5 Å². The summed E-state index contributed by atoms with van der Waals surface area (Å²) in [5.74, 6) is 0.813. The summed E-state index contributed by atoms with van der Waals surface area (Å²) in [6.45, 7) is 5.65. The SMILES string of the molecule is Cc1oc2ncnc(NC3(C)CC3)c2c1C(=O)N1CCNC(c2ccc(F)cc2)C1. The lowest BCUT2D eigenvalue weighted by Gasteiger charge is -2.34. The van der Waals surface area contributed by atoms with Crippen molar-refractivity contribution in [3.8, 4) is 0 Å². The minimum atomic E-state index is -0.271. The molecule has 5 rings (SSSR count). The van der Waals surface area contributed by atoms with Gasteiger partial charge < -0.3 is 20.0 Å². The molecule has 8 heteroatoms. The molecule has 1 unspecified atom stereocenters. The number of amides is 1. The summed E-state index contributed by atoms with van der Waals surface area (Å²) in [6, 6.07) is 6.34. The number of halogens is 1. The Morgan fingerprint density at radius 3 is 2.80 bits per heavy atom. The number of piperazine rings is 1. The number of hydrogen-bond donors (Lipinski definition) is 2. The first-order chi connectivity index (χ1) is 14.4. The molecule has 2 fully saturated rings. The highest BCUT2D eigenvalue weighted by molar-refractivity contribution is 6.10. The van der Waals surface area contributed by atoms with E-state index in [1.54, 1.807) is 19.1 Å². The Bertz CT molecular complexity index is 1110. The van der Waals surface area contributed by atoms with Gasteiger partial charge in [0, 0.05) is 31.2 Å². The van der Waals surface area contributed by atoms with E-state index in [2.05, 4.69) is 27.5 Å². The summed E-state index contributed by atoms with van der Waals surface area (Å²) in [7, 11) is 0. The third-order valence-corrected chi connectivity index (χ3v) is 6.03. The molecule has 7 nitrogen and oxygen atoms in total. The van der Waals surface area contributed by atoms with E-state index in [4.69, 9.17) is 4.42 Å². The maximum atomic E-state index is 13.6. The second-order valence-corrected chi connectivity index (χ2v) is 8.43. The number of anilines is 1. The average molecular weight is 409 g/mol. The van der Waals surface area contributed by atoms with Crippen LogP contribution in [0, 0.1) is 12.7 Å². The van der Waals surface area contributed by atoms with Crippen LogP contribution in [0.25, 0.3) is 11.1 Å². The molecule has 3 aromatic rings. The first kappa shape index (κ1) is 19.0. The highest BCUT2D eigenvalue weighted by Gasteiger charge is 2.39. The normalized spacial score (nSPS) is 20.4. The zero-order valence-corrected chi connectivity index (χ0v) is 17.0. The van der Waals surface area contributed by atoms with Crippen molar-refractivity contribution in [2.75, 3.05) is 25.0 Å². The zero-order chi connectivity index (χ0) is 20.9. The lowest BCUT2D eigenvalue weighted by molar-refractivity contribution is 0.0703. The van der Waals surface area contributed by atoms with Gasteiger partial charge in [0.2, 0.25) is 5.71 Å². The van der Waals surface area contributed by atoms with Gasteiger partial charge in [0.1, 0.15) is 23.7 Å². The van der Waals surface area contributed by atoms with Gasteiger partial charge in [-0.2, -0.15) is 0 Å². The van der Waals surface area contributed by atoms with Crippen LogP contribution in [-0.4, -0.2) is 45.9 Å². The topological polar surface area (TPSA) is 83.3 Å². The van der Waals surface area contributed by atoms with Crippen LogP contribution in [-0.2, 0) is 0 Å². The van der Waals surface area contributed by atoms with Gasteiger partial charge in [0.05, 0.1) is 10.9 Å². The van der Waals surface area contributed by atoms with Crippen molar-refractivity contribution in [2.45, 2.75) is 38.3 Å². The standard InChI is InChI=1S/C22H24FN5O2/c1-13-17(18-19(27-22(2)7-8-22)25-12-26-20(18)30-13)21(29)28-10-9-24-16(11-28)14-3-5-15(23)6-4-14/h3-6,12,16,24H,7-11H2,1-2H3,(H,25,26,27). The van der Waals surface area contributed by atoms with Crippen molar-refractivity contribution in [3.05, 3.63) is 53.3 Å². The first-order valence-corrected chi connectivity index (χ1v) is 10.2. The molecule has 1 amide bonds. The van der Waals surface area contributed by atoms with E-state index >= 15 is 0 Å². The lowest BCUT2D eigenvalue weighted by atomic mass is 10.0. The highest BCUT2D eigenvalue weighted by atomic mass is 19.1. The van der Waals surface area contributed by atoms with Crippen LogP contribution in [0.3, 0.4) is 0 Å². The molecule has 2 aromatic heterocycles. The summed E-state index contributed by atoms with van der Waals surface area (Å²) in [6.07, 6.45) is 3.59. The molecule has 2 aliphatic rings. The third kappa shape index (κ3) is 3.41. The number of aryl methyl sites for hydroxylation is 1. The van der Waals surface area contributed by atoms with Gasteiger partial charge in [-0.1, -0.05) is 12.1 Å². The molecule has 1 aliphatic carbocycles. The highest BCUT2D eigenvalue weighted by Crippen LogP contribution is 2.40. The Morgan fingerprint density at radius 2 is 2.07 bits per heavy atom. The molecule has 2 N–H and O–H groups in total. The molecular weight excluding hydrogens is 385 g/mol. The molecule has 3 heterocycles. The number of hydrogen-bond acceptors (Lipinski definition) is 6. The van der Waals surface area contributed by atoms with Crippen molar-refractivity contribution in [3.63, 3.8) is 0 Å². The van der Waals surface area contributed by atoms with Crippen LogP contribution in [0.2, 0.25) is 0 Å². The van der Waals surface area contributed by atoms with Crippen LogP contribution in [0.4, 0.5) is 10.2 Å². The predicted octanol–water partition coefficient (Wildman–Crippen LogP) is 3.42. The van der Waals surface area contributed by atoms with E-state index in [9.17, 15) is 9.18 Å². The lowest BCUT2D eigenvalue weighted by Crippen LogP contribution is -2.48. The fourth-order valence-electron chi connectivity index (χ4n) is 4.01. The van der Waals surface area contributed by atoms with E-state index in [1.165, 1.54) is 18.5 Å². The molecule has 1 aliphatic heterocycles. The molecule has 0 radical (unpaired) electrons. The largest absolute Gasteiger partial charge is 0.442 e. The molecule has 1 saturated carbocycles. The van der Waals surface area contributed by atoms with E-state index in [-0.39, 0.29) is 23.3 Å². The number of benzene rings is 1. The Morgan fingerprint density at radius 1 is 1.30 bits per heavy atom. The number of furan rings is 1. The quantitative estimate of drug-likeness (QED) is 0.687. The fraction of sp³-hybridized carbons (Fsp3) is 0.409. The minimum Gasteiger partial charge on any atom is -0.442 e. The number of fused-ring (bicyclic) bond motifs is 1. The number of nitrogens with zero attached hydrogens (tertiary/aromatic N) is 3. The molecule has 1 aromatic carbocycles. The minimum absolute atomic E-state index is 0.00942. The van der Waals surface area contributed by atoms with Gasteiger partial charge in [-0.3, -0.25) is 4.79 Å². The summed E-state index contributed by atoms with van der Waals surface area (Å²) in [4.78, 5) is 24.0. The molecular formula is C22H24FN5O2. The van der Waals surface area contributed by atoms with E-state index in [1.807, 2.05) is 4.90 Å². The van der Waals surface area contributed by atoms with Crippen molar-refractivity contribution >= 4 is 22.8 Å². The van der Waals surface area contributed by atoms with Gasteiger partial charge in [0.25, 0.3) is 5.91 Å². The Balaban J connectivity index is 1.46. The van der Waals surface area contributed by atoms with Crippen molar-refractivity contribution in [1.29, 1.82) is 0 Å². The molecule has 0 spiro atoms. The molecule has 156 valence electrons. The predicted molar refractivity (Wildman–Crippen MR) is 111 cm³/mol. The smallest absolute Gasteiger partial charge is 0.258 e. The Labute approximate surface area is 173 Å². The fourth-order valence-corrected chi connectivity index (χ4v) is 4.01. The zero-order valence-electron chi connectivity index (χ0n) is 17.0. The number of aromatic nitrogens is 2. The van der Waals surface area contributed by atoms with Crippen LogP contribution in [0.15, 0.2) is 35.0 Å². The number of carbonyl (C=O) groups excluding carboxylic acids is 1. The Hall–Kier alpha value is -3.00. The van der Waals surface area contributed by atoms with Gasteiger partial charge in [-0.05, 0) is 44.4 Å². The van der Waals surface area contributed by atoms with E-state index in [0.717, 1.165) is 18.4 Å². The maximum absolute atomic E-state index is 13.6. The van der Waals surface area contributed by atoms with Crippen LogP contribution < -0.4 is 10.6 Å². The summed E-state index contributed by atoms with van der Waals surface area (Å²) in [5.41, 5.74) is 1.89. The van der Waals surface area contributed by atoms with E-state index in [0.29, 0.717) is 47.9 Å². The maximum Gasteiger partial charge on any atom is 0.258 e. The van der Waals surface area contributed by atoms with Crippen molar-refractivity contribution in [1.82, 2.24) is 20.2 Å². The molecule has 1 atom stereocenters. The van der Waals surface area contributed by atoms with Gasteiger partial charge in [-0.25, -0.2) is 14.4 Å². The summed E-state index contributed by atoms with van der Waals surface area (Å²) < 4.78 is 19.1. The second kappa shape index (κ2) is 7.05. The van der Waals surface area contributed by atoms with Crippen LogP contribution >= 0.6 is 0 Å². The van der Waals surface area contributed by atoms with E-state index < -0.39 is 0 Å². The first-order valence-electron chi connectivity index (χ1n) is 10.2. The monoisotopic (exact) mass is 409 g/mol. The summed E-state index contributed by atoms with van der Waals surface area (Å²) >= 11 is 0. The molecule has 1 saturated heterocycles. The van der Waals surface area contributed by atoms with Gasteiger partial charge in [-0.15, -0.1) is 0 Å². The summed E-state index contributed by atoms with van der Waals surface area (Å²) in [5, 5.41) is 7.51. The number of nitrogens with one attached hydrogen (secondary N) is 2. The van der Waals surface area contributed by atoms with Crippen LogP contribution in [0.5, 0.6) is 0 Å². The second-order valence-electron chi connectivity index (χ2n) is 8.43. The number of rotatable bonds is 4.